The SMILES string of the molecule is Cc1cccc(C)c1-n1c(C)cc([C@H]2NN=C(c3ccccc3)S2)c1C. The molecule has 0 fully saturated rings. The molecule has 2 aromatic carbocycles. The van der Waals surface area contributed by atoms with Gasteiger partial charge in [-0.05, 0) is 44.9 Å². The van der Waals surface area contributed by atoms with E-state index in [1.54, 1.807) is 11.8 Å². The Hall–Kier alpha value is -2.46. The summed E-state index contributed by atoms with van der Waals surface area (Å²) < 4.78 is 2.38. The van der Waals surface area contributed by atoms with E-state index in [9.17, 15) is 0 Å². The van der Waals surface area contributed by atoms with Crippen LogP contribution < -0.4 is 5.43 Å². The summed E-state index contributed by atoms with van der Waals surface area (Å²) in [6.45, 7) is 8.75. The summed E-state index contributed by atoms with van der Waals surface area (Å²) in [6, 6.07) is 19.1. The number of hydrogen-bond donors (Lipinski definition) is 1. The molecule has 0 aliphatic carbocycles. The molecule has 132 valence electrons. The van der Waals surface area contributed by atoms with E-state index < -0.39 is 0 Å². The first kappa shape index (κ1) is 17.0. The summed E-state index contributed by atoms with van der Waals surface area (Å²) in [5.41, 5.74) is 12.2. The molecule has 0 spiro atoms. The van der Waals surface area contributed by atoms with E-state index in [1.165, 1.54) is 33.8 Å². The van der Waals surface area contributed by atoms with Gasteiger partial charge in [0.25, 0.3) is 0 Å². The van der Waals surface area contributed by atoms with Crippen LogP contribution in [0, 0.1) is 27.7 Å². The van der Waals surface area contributed by atoms with Crippen molar-refractivity contribution in [3.05, 3.63) is 88.2 Å². The fourth-order valence-electron chi connectivity index (χ4n) is 3.68. The van der Waals surface area contributed by atoms with Crippen molar-refractivity contribution in [2.45, 2.75) is 33.1 Å². The first-order chi connectivity index (χ1) is 12.6. The van der Waals surface area contributed by atoms with E-state index in [1.807, 2.05) is 6.07 Å². The molecule has 3 nitrogen and oxygen atoms in total. The second kappa shape index (κ2) is 6.69. The lowest BCUT2D eigenvalue weighted by molar-refractivity contribution is 0.737. The smallest absolute Gasteiger partial charge is 0.126 e. The number of aryl methyl sites for hydroxylation is 3. The maximum Gasteiger partial charge on any atom is 0.126 e. The predicted molar refractivity (Wildman–Crippen MR) is 111 cm³/mol. The number of aromatic nitrogens is 1. The first-order valence-corrected chi connectivity index (χ1v) is 9.75. The van der Waals surface area contributed by atoms with Crippen LogP contribution >= 0.6 is 11.8 Å². The highest BCUT2D eigenvalue weighted by molar-refractivity contribution is 8.14. The summed E-state index contributed by atoms with van der Waals surface area (Å²) >= 11 is 1.78. The van der Waals surface area contributed by atoms with Gasteiger partial charge in [0.2, 0.25) is 0 Å². The van der Waals surface area contributed by atoms with E-state index in [0.717, 1.165) is 10.6 Å². The number of thioether (sulfide) groups is 1. The third-order valence-corrected chi connectivity index (χ3v) is 6.09. The second-order valence-corrected chi connectivity index (χ2v) is 7.91. The number of para-hydroxylation sites is 1. The van der Waals surface area contributed by atoms with Crippen molar-refractivity contribution in [3.63, 3.8) is 0 Å². The van der Waals surface area contributed by atoms with Crippen LogP contribution in [0.1, 0.15) is 39.0 Å². The molecular weight excluding hydrogens is 338 g/mol. The molecule has 1 atom stereocenters. The van der Waals surface area contributed by atoms with Crippen LogP contribution in [-0.2, 0) is 0 Å². The molecule has 2 heterocycles. The monoisotopic (exact) mass is 361 g/mol. The third-order valence-electron chi connectivity index (χ3n) is 4.95. The number of nitrogens with zero attached hydrogens (tertiary/aromatic N) is 2. The van der Waals surface area contributed by atoms with Gasteiger partial charge in [0.15, 0.2) is 0 Å². The molecule has 4 rings (SSSR count). The molecule has 0 saturated heterocycles. The zero-order valence-corrected chi connectivity index (χ0v) is 16.4. The van der Waals surface area contributed by atoms with Crippen molar-refractivity contribution >= 4 is 16.8 Å². The number of nitrogens with one attached hydrogen (secondary N) is 1. The highest BCUT2D eigenvalue weighted by Crippen LogP contribution is 2.38. The van der Waals surface area contributed by atoms with Gasteiger partial charge in [-0.15, -0.1) is 0 Å². The Kier molecular flexibility index (Phi) is 4.37. The van der Waals surface area contributed by atoms with E-state index in [-0.39, 0.29) is 5.37 Å². The number of hydrazone groups is 1. The lowest BCUT2D eigenvalue weighted by Gasteiger charge is -2.17. The lowest BCUT2D eigenvalue weighted by Crippen LogP contribution is -2.09. The van der Waals surface area contributed by atoms with Gasteiger partial charge in [-0.1, -0.05) is 60.3 Å². The van der Waals surface area contributed by atoms with Gasteiger partial charge < -0.3 is 4.57 Å². The van der Waals surface area contributed by atoms with Gasteiger partial charge >= 0.3 is 0 Å². The minimum absolute atomic E-state index is 0.148. The average Bonchev–Trinajstić information content (AvgIpc) is 3.22. The molecule has 1 aliphatic rings. The molecule has 4 heteroatoms. The summed E-state index contributed by atoms with van der Waals surface area (Å²) in [5.74, 6) is 0. The molecule has 1 N–H and O–H groups in total. The second-order valence-electron chi connectivity index (χ2n) is 6.81. The molecule has 0 radical (unpaired) electrons. The van der Waals surface area contributed by atoms with Crippen LogP contribution in [0.4, 0.5) is 0 Å². The zero-order chi connectivity index (χ0) is 18.3. The highest BCUT2D eigenvalue weighted by atomic mass is 32.2. The van der Waals surface area contributed by atoms with Crippen molar-refractivity contribution in [1.29, 1.82) is 0 Å². The molecule has 3 aromatic rings. The summed E-state index contributed by atoms with van der Waals surface area (Å²) in [5, 5.41) is 5.77. The molecule has 26 heavy (non-hydrogen) atoms. The molecular formula is C22H23N3S. The fraction of sp³-hybridized carbons (Fsp3) is 0.227. The maximum absolute atomic E-state index is 4.57. The van der Waals surface area contributed by atoms with Crippen LogP contribution in [0.3, 0.4) is 0 Å². The summed E-state index contributed by atoms with van der Waals surface area (Å²) in [7, 11) is 0. The average molecular weight is 362 g/mol. The standard InChI is InChI=1S/C22H23N3S/c1-14-9-8-10-15(2)20(14)25-16(3)13-19(17(25)4)22-24-23-21(26-22)18-11-6-5-7-12-18/h5-13,22,24H,1-4H3/t22-/m0/s1. The van der Waals surface area contributed by atoms with Crippen molar-refractivity contribution < 1.29 is 0 Å². The molecule has 0 saturated carbocycles. The summed E-state index contributed by atoms with van der Waals surface area (Å²) in [6.07, 6.45) is 0. The van der Waals surface area contributed by atoms with E-state index in [0.29, 0.717) is 0 Å². The van der Waals surface area contributed by atoms with Crippen LogP contribution in [0.2, 0.25) is 0 Å². The van der Waals surface area contributed by atoms with Gasteiger partial charge in [0.1, 0.15) is 10.4 Å². The quantitative estimate of drug-likeness (QED) is 0.676. The molecule has 1 aliphatic heterocycles. The Balaban J connectivity index is 1.69. The normalized spacial score (nSPS) is 16.5. The van der Waals surface area contributed by atoms with Gasteiger partial charge in [0.05, 0.1) is 5.69 Å². The minimum Gasteiger partial charge on any atom is -0.318 e. The van der Waals surface area contributed by atoms with Gasteiger partial charge in [-0.2, -0.15) is 5.10 Å². The number of benzene rings is 2. The number of hydrogen-bond acceptors (Lipinski definition) is 3. The Bertz CT molecular complexity index is 966. The zero-order valence-electron chi connectivity index (χ0n) is 15.6. The van der Waals surface area contributed by atoms with Crippen LogP contribution in [0.25, 0.3) is 5.69 Å². The molecule has 1 aromatic heterocycles. The Morgan fingerprint density at radius 1 is 0.923 bits per heavy atom. The van der Waals surface area contributed by atoms with Crippen LogP contribution in [0.15, 0.2) is 59.7 Å². The van der Waals surface area contributed by atoms with Gasteiger partial charge in [-0.25, -0.2) is 0 Å². The largest absolute Gasteiger partial charge is 0.318 e. The van der Waals surface area contributed by atoms with Crippen LogP contribution in [0.5, 0.6) is 0 Å². The van der Waals surface area contributed by atoms with Crippen molar-refractivity contribution in [2.24, 2.45) is 5.10 Å². The minimum atomic E-state index is 0.148. The molecule has 0 amide bonds. The molecule has 0 bridgehead atoms. The topological polar surface area (TPSA) is 29.3 Å². The van der Waals surface area contributed by atoms with E-state index in [2.05, 4.69) is 91.3 Å². The summed E-state index contributed by atoms with van der Waals surface area (Å²) in [4.78, 5) is 0. The Morgan fingerprint density at radius 3 is 2.31 bits per heavy atom. The van der Waals surface area contributed by atoms with Crippen molar-refractivity contribution in [1.82, 2.24) is 9.99 Å². The van der Waals surface area contributed by atoms with Crippen molar-refractivity contribution in [2.75, 3.05) is 0 Å². The fourth-order valence-corrected chi connectivity index (χ4v) is 4.76. The maximum atomic E-state index is 4.57. The Labute approximate surface area is 159 Å². The predicted octanol–water partition coefficient (Wildman–Crippen LogP) is 5.41. The highest BCUT2D eigenvalue weighted by Gasteiger charge is 2.26. The molecule has 0 unspecified atom stereocenters. The van der Waals surface area contributed by atoms with Gasteiger partial charge in [0, 0.05) is 22.5 Å². The van der Waals surface area contributed by atoms with Crippen LogP contribution in [-0.4, -0.2) is 9.61 Å². The first-order valence-electron chi connectivity index (χ1n) is 8.87. The lowest BCUT2D eigenvalue weighted by atomic mass is 10.1. The van der Waals surface area contributed by atoms with E-state index in [4.69, 9.17) is 0 Å². The van der Waals surface area contributed by atoms with E-state index >= 15 is 0 Å². The Morgan fingerprint density at radius 2 is 1.62 bits per heavy atom. The van der Waals surface area contributed by atoms with Gasteiger partial charge in [-0.3, -0.25) is 5.43 Å². The van der Waals surface area contributed by atoms with Crippen molar-refractivity contribution in [3.8, 4) is 5.69 Å². The third kappa shape index (κ3) is 2.84. The number of rotatable bonds is 3.